The molecular formula is C19H30F3N5OS. The van der Waals surface area contributed by atoms with Crippen LogP contribution in [-0.2, 0) is 11.3 Å². The number of alkyl halides is 3. The van der Waals surface area contributed by atoms with Crippen molar-refractivity contribution in [2.45, 2.75) is 26.1 Å². The first kappa shape index (κ1) is 23.5. The van der Waals surface area contributed by atoms with Crippen molar-refractivity contribution >= 4 is 23.2 Å². The highest BCUT2D eigenvalue weighted by Gasteiger charge is 2.33. The molecule has 6 nitrogen and oxygen atoms in total. The van der Waals surface area contributed by atoms with Crippen LogP contribution in [0.2, 0.25) is 0 Å². The van der Waals surface area contributed by atoms with E-state index in [0.717, 1.165) is 11.3 Å². The van der Waals surface area contributed by atoms with Crippen molar-refractivity contribution in [2.24, 2.45) is 10.9 Å². The van der Waals surface area contributed by atoms with Gasteiger partial charge in [-0.05, 0) is 30.3 Å². The summed E-state index contributed by atoms with van der Waals surface area (Å²) < 4.78 is 38.2. The van der Waals surface area contributed by atoms with Gasteiger partial charge in [0.25, 0.3) is 0 Å². The fourth-order valence-electron chi connectivity index (χ4n) is 3.23. The van der Waals surface area contributed by atoms with Crippen molar-refractivity contribution in [2.75, 3.05) is 53.4 Å². The Labute approximate surface area is 174 Å². The number of halogens is 3. The van der Waals surface area contributed by atoms with Crippen LogP contribution in [0.25, 0.3) is 0 Å². The molecule has 0 aromatic carbocycles. The van der Waals surface area contributed by atoms with Crippen molar-refractivity contribution < 1.29 is 18.0 Å². The Hall–Kier alpha value is -1.81. The fraction of sp³-hybridized carbons (Fsp3) is 0.684. The first-order chi connectivity index (χ1) is 13.7. The Morgan fingerprint density at radius 2 is 2.17 bits per heavy atom. The van der Waals surface area contributed by atoms with Crippen molar-refractivity contribution in [3.05, 3.63) is 22.4 Å². The predicted octanol–water partition coefficient (Wildman–Crippen LogP) is 2.49. The molecule has 0 aliphatic carbocycles. The zero-order chi connectivity index (χ0) is 21.4. The van der Waals surface area contributed by atoms with Crippen LogP contribution in [0.15, 0.2) is 22.5 Å². The van der Waals surface area contributed by atoms with E-state index in [1.807, 2.05) is 22.4 Å². The van der Waals surface area contributed by atoms with Crippen LogP contribution in [0.4, 0.5) is 13.2 Å². The zero-order valence-corrected chi connectivity index (χ0v) is 18.0. The lowest BCUT2D eigenvalue weighted by Gasteiger charge is -2.26. The minimum Gasteiger partial charge on any atom is -0.351 e. The number of carbonyl (C=O) groups is 1. The summed E-state index contributed by atoms with van der Waals surface area (Å²) in [6.07, 6.45) is -3.38. The summed E-state index contributed by atoms with van der Waals surface area (Å²) >= 11 is 1.63. The largest absolute Gasteiger partial charge is 0.401 e. The lowest BCUT2D eigenvalue weighted by molar-refractivity contribution is -0.146. The van der Waals surface area contributed by atoms with Crippen molar-refractivity contribution in [3.63, 3.8) is 0 Å². The average Bonchev–Trinajstić information content (AvgIpc) is 3.31. The number of aliphatic imine (C=N–C) groups is 1. The maximum Gasteiger partial charge on any atom is 0.401 e. The van der Waals surface area contributed by atoms with Gasteiger partial charge in [-0.1, -0.05) is 13.0 Å². The van der Waals surface area contributed by atoms with Crippen LogP contribution in [0.3, 0.4) is 0 Å². The van der Waals surface area contributed by atoms with E-state index in [1.165, 1.54) is 9.80 Å². The third kappa shape index (κ3) is 8.22. The van der Waals surface area contributed by atoms with E-state index in [-0.39, 0.29) is 18.4 Å². The maximum absolute atomic E-state index is 12.7. The van der Waals surface area contributed by atoms with E-state index >= 15 is 0 Å². The number of hydrogen-bond donors (Lipinski definition) is 1. The molecular weight excluding hydrogens is 403 g/mol. The summed E-state index contributed by atoms with van der Waals surface area (Å²) in [7, 11) is 3.37. The Bertz CT molecular complexity index is 663. The van der Waals surface area contributed by atoms with E-state index in [0.29, 0.717) is 38.7 Å². The van der Waals surface area contributed by atoms with E-state index in [2.05, 4.69) is 10.3 Å². The highest BCUT2D eigenvalue weighted by Crippen LogP contribution is 2.21. The minimum absolute atomic E-state index is 0.0378. The van der Waals surface area contributed by atoms with Gasteiger partial charge in [0.15, 0.2) is 5.96 Å². The van der Waals surface area contributed by atoms with E-state index in [1.54, 1.807) is 32.4 Å². The number of guanidine groups is 1. The third-order valence-electron chi connectivity index (χ3n) is 4.82. The monoisotopic (exact) mass is 433 g/mol. The molecule has 29 heavy (non-hydrogen) atoms. The smallest absolute Gasteiger partial charge is 0.351 e. The molecule has 0 spiro atoms. The van der Waals surface area contributed by atoms with Gasteiger partial charge in [-0.15, -0.1) is 11.3 Å². The normalized spacial score (nSPS) is 17.8. The van der Waals surface area contributed by atoms with Crippen LogP contribution >= 0.6 is 11.3 Å². The van der Waals surface area contributed by atoms with Crippen LogP contribution in [-0.4, -0.2) is 86.1 Å². The predicted molar refractivity (Wildman–Crippen MR) is 110 cm³/mol. The average molecular weight is 434 g/mol. The van der Waals surface area contributed by atoms with Gasteiger partial charge < -0.3 is 15.1 Å². The maximum atomic E-state index is 12.7. The molecule has 164 valence electrons. The van der Waals surface area contributed by atoms with Gasteiger partial charge >= 0.3 is 6.18 Å². The first-order valence-corrected chi connectivity index (χ1v) is 10.6. The second kappa shape index (κ2) is 10.8. The number of rotatable bonds is 8. The molecule has 1 aromatic heterocycles. The molecule has 1 unspecified atom stereocenters. The number of hydrogen-bond acceptors (Lipinski definition) is 4. The molecule has 1 aliphatic rings. The van der Waals surface area contributed by atoms with Gasteiger partial charge in [0, 0.05) is 38.6 Å². The third-order valence-corrected chi connectivity index (χ3v) is 5.69. The van der Waals surface area contributed by atoms with Gasteiger partial charge in [-0.25, -0.2) is 4.99 Å². The highest BCUT2D eigenvalue weighted by atomic mass is 32.1. The van der Waals surface area contributed by atoms with Gasteiger partial charge in [0.2, 0.25) is 5.91 Å². The molecule has 1 aromatic rings. The topological polar surface area (TPSA) is 51.2 Å². The van der Waals surface area contributed by atoms with E-state index in [9.17, 15) is 18.0 Å². The molecule has 1 aliphatic heterocycles. The lowest BCUT2D eigenvalue weighted by atomic mass is 10.1. The number of likely N-dealkylation sites (N-methyl/N-ethyl adjacent to an activating group) is 1. The molecule has 1 fully saturated rings. The summed E-state index contributed by atoms with van der Waals surface area (Å²) in [5.74, 6) is 0.670. The molecule has 1 saturated heterocycles. The Morgan fingerprint density at radius 1 is 1.41 bits per heavy atom. The van der Waals surface area contributed by atoms with Crippen LogP contribution in [0, 0.1) is 5.92 Å². The summed E-state index contributed by atoms with van der Waals surface area (Å²) in [5, 5.41) is 5.30. The van der Waals surface area contributed by atoms with Crippen molar-refractivity contribution in [1.82, 2.24) is 20.0 Å². The molecule has 0 bridgehead atoms. The molecule has 1 N–H and O–H groups in total. The first-order valence-electron chi connectivity index (χ1n) is 9.72. The fourth-order valence-corrected chi connectivity index (χ4v) is 3.87. The zero-order valence-electron chi connectivity index (χ0n) is 17.2. The summed E-state index contributed by atoms with van der Waals surface area (Å²) in [6, 6.07) is 3.99. The molecule has 1 atom stereocenters. The quantitative estimate of drug-likeness (QED) is 0.506. The second-order valence-corrected chi connectivity index (χ2v) is 8.44. The summed E-state index contributed by atoms with van der Waals surface area (Å²) in [6.45, 7) is 3.61. The van der Waals surface area contributed by atoms with E-state index < -0.39 is 12.7 Å². The molecule has 0 radical (unpaired) electrons. The molecule has 0 saturated carbocycles. The van der Waals surface area contributed by atoms with Gasteiger partial charge in [-0.2, -0.15) is 13.2 Å². The number of carbonyl (C=O) groups excluding carboxylic acids is 1. The molecule has 10 heteroatoms. The number of amides is 1. The highest BCUT2D eigenvalue weighted by molar-refractivity contribution is 7.09. The van der Waals surface area contributed by atoms with Crippen molar-refractivity contribution in [1.29, 1.82) is 0 Å². The number of nitrogens with zero attached hydrogens (tertiary/aromatic N) is 4. The van der Waals surface area contributed by atoms with Crippen LogP contribution in [0.1, 0.15) is 18.2 Å². The van der Waals surface area contributed by atoms with Gasteiger partial charge in [0.05, 0.1) is 13.1 Å². The standard InChI is InChI=1S/C19H30F3N5OS/c1-4-26(14-19(20,21)22)12-15-7-8-27(13-15)18(24-11-17(28)25(2)3)23-10-16-6-5-9-29-16/h5-6,9,15H,4,7-8,10-14H2,1-3H3,(H,23,24). The van der Waals surface area contributed by atoms with Gasteiger partial charge in [-0.3, -0.25) is 9.69 Å². The molecule has 2 heterocycles. The summed E-state index contributed by atoms with van der Waals surface area (Å²) in [5.41, 5.74) is 0. The lowest BCUT2D eigenvalue weighted by Crippen LogP contribution is -2.42. The molecule has 1 amide bonds. The number of likely N-dealkylation sites (tertiary alicyclic amines) is 1. The van der Waals surface area contributed by atoms with Crippen LogP contribution < -0.4 is 5.32 Å². The Kier molecular flexibility index (Phi) is 8.76. The van der Waals surface area contributed by atoms with Gasteiger partial charge in [0.1, 0.15) is 6.54 Å². The minimum atomic E-state index is -4.18. The van der Waals surface area contributed by atoms with E-state index in [4.69, 9.17) is 0 Å². The second-order valence-electron chi connectivity index (χ2n) is 7.40. The molecule has 2 rings (SSSR count). The number of nitrogens with one attached hydrogen (secondary N) is 1. The SMILES string of the molecule is CCN(CC1CCN(C(=NCC(=O)N(C)C)NCc2cccs2)C1)CC(F)(F)F. The Morgan fingerprint density at radius 3 is 2.76 bits per heavy atom. The van der Waals surface area contributed by atoms with Crippen LogP contribution in [0.5, 0.6) is 0 Å². The summed E-state index contributed by atoms with van der Waals surface area (Å²) in [4.78, 5) is 22.5. The number of thiophene rings is 1. The Balaban J connectivity index is 1.98. The van der Waals surface area contributed by atoms with Crippen molar-refractivity contribution in [3.8, 4) is 0 Å².